The fraction of sp³-hybridized carbons (Fsp3) is 0.545. The minimum atomic E-state index is -0.870. The molecule has 1 aromatic rings. The van der Waals surface area contributed by atoms with E-state index in [-0.39, 0.29) is 0 Å². The molecule has 1 aromatic heterocycles. The van der Waals surface area contributed by atoms with Gasteiger partial charge in [0, 0.05) is 13.6 Å². The minimum absolute atomic E-state index is 0.434. The van der Waals surface area contributed by atoms with E-state index < -0.39 is 5.60 Å². The molecule has 1 unspecified atom stereocenters. The lowest BCUT2D eigenvalue weighted by Crippen LogP contribution is -2.44. The summed E-state index contributed by atoms with van der Waals surface area (Å²) in [5, 5.41) is 20.3. The molecule has 0 amide bonds. The van der Waals surface area contributed by atoms with Crippen molar-refractivity contribution in [1.29, 1.82) is 0 Å². The molecule has 4 nitrogen and oxygen atoms in total. The van der Waals surface area contributed by atoms with Gasteiger partial charge < -0.3 is 15.7 Å². The van der Waals surface area contributed by atoms with E-state index in [1.54, 1.807) is 25.3 Å². The fourth-order valence-electron chi connectivity index (χ4n) is 1.32. The number of aliphatic hydroxyl groups is 1. The van der Waals surface area contributed by atoms with Crippen molar-refractivity contribution in [3.8, 4) is 0 Å². The Morgan fingerprint density at radius 3 is 2.81 bits per heavy atom. The number of rotatable bonds is 4. The van der Waals surface area contributed by atoms with Gasteiger partial charge in [0.1, 0.15) is 5.60 Å². The summed E-state index contributed by atoms with van der Waals surface area (Å²) in [6, 6.07) is 1.93. The van der Waals surface area contributed by atoms with E-state index in [1.165, 1.54) is 0 Å². The van der Waals surface area contributed by atoms with E-state index >= 15 is 0 Å². The van der Waals surface area contributed by atoms with E-state index in [0.717, 1.165) is 12.1 Å². The van der Waals surface area contributed by atoms with Crippen LogP contribution in [0, 0.1) is 0 Å². The van der Waals surface area contributed by atoms with Crippen molar-refractivity contribution in [2.24, 2.45) is 4.99 Å². The smallest absolute Gasteiger partial charge is 0.191 e. The number of hydrogen-bond donors (Lipinski definition) is 3. The summed E-state index contributed by atoms with van der Waals surface area (Å²) >= 11 is 1.58. The minimum Gasteiger partial charge on any atom is -0.384 e. The molecule has 0 spiro atoms. The molecular formula is C11H19N3OS. The zero-order valence-corrected chi connectivity index (χ0v) is 10.8. The van der Waals surface area contributed by atoms with Gasteiger partial charge >= 0.3 is 0 Å². The molecule has 0 bridgehead atoms. The quantitative estimate of drug-likeness (QED) is 0.547. The Hall–Kier alpha value is -1.07. The zero-order chi connectivity index (χ0) is 12.0. The molecule has 3 N–H and O–H groups in total. The maximum atomic E-state index is 10.2. The number of guanidine groups is 1. The van der Waals surface area contributed by atoms with Crippen molar-refractivity contribution in [3.63, 3.8) is 0 Å². The van der Waals surface area contributed by atoms with Crippen molar-refractivity contribution in [2.75, 3.05) is 20.1 Å². The predicted molar refractivity (Wildman–Crippen MR) is 68.9 cm³/mol. The summed E-state index contributed by atoms with van der Waals surface area (Å²) in [4.78, 5) is 4.05. The van der Waals surface area contributed by atoms with Crippen molar-refractivity contribution < 1.29 is 5.11 Å². The second-order valence-corrected chi connectivity index (χ2v) is 4.52. The third kappa shape index (κ3) is 3.50. The Morgan fingerprint density at radius 2 is 2.31 bits per heavy atom. The van der Waals surface area contributed by atoms with E-state index in [9.17, 15) is 5.11 Å². The molecular weight excluding hydrogens is 222 g/mol. The fourth-order valence-corrected chi connectivity index (χ4v) is 2.10. The Morgan fingerprint density at radius 1 is 1.56 bits per heavy atom. The normalized spacial score (nSPS) is 15.6. The molecule has 0 aliphatic rings. The second kappa shape index (κ2) is 5.86. The number of nitrogens with one attached hydrogen (secondary N) is 2. The monoisotopic (exact) mass is 241 g/mol. The van der Waals surface area contributed by atoms with Crippen LogP contribution < -0.4 is 10.6 Å². The van der Waals surface area contributed by atoms with Crippen LogP contribution in [-0.4, -0.2) is 31.2 Å². The largest absolute Gasteiger partial charge is 0.384 e. The topological polar surface area (TPSA) is 56.7 Å². The zero-order valence-electron chi connectivity index (χ0n) is 9.95. The van der Waals surface area contributed by atoms with E-state index in [4.69, 9.17) is 0 Å². The van der Waals surface area contributed by atoms with Crippen molar-refractivity contribution >= 4 is 17.3 Å². The molecule has 1 rings (SSSR count). The van der Waals surface area contributed by atoms with Crippen LogP contribution in [0.2, 0.25) is 0 Å². The first-order valence-electron chi connectivity index (χ1n) is 5.29. The average molecular weight is 241 g/mol. The Labute approximate surface area is 100 Å². The van der Waals surface area contributed by atoms with Gasteiger partial charge in [-0.25, -0.2) is 0 Å². The van der Waals surface area contributed by atoms with Gasteiger partial charge in [0.15, 0.2) is 5.96 Å². The van der Waals surface area contributed by atoms with Gasteiger partial charge in [-0.05, 0) is 36.2 Å². The van der Waals surface area contributed by atoms with Gasteiger partial charge in [-0.2, -0.15) is 11.3 Å². The summed E-state index contributed by atoms with van der Waals surface area (Å²) in [5.74, 6) is 0.706. The van der Waals surface area contributed by atoms with E-state index in [1.807, 2.05) is 23.8 Å². The third-order valence-electron chi connectivity index (χ3n) is 2.31. The van der Waals surface area contributed by atoms with Gasteiger partial charge in [-0.1, -0.05) is 0 Å². The molecule has 1 heterocycles. The van der Waals surface area contributed by atoms with Gasteiger partial charge in [-0.3, -0.25) is 4.99 Å². The van der Waals surface area contributed by atoms with Gasteiger partial charge in [-0.15, -0.1) is 0 Å². The first kappa shape index (κ1) is 13.0. The molecule has 0 aliphatic carbocycles. The number of aliphatic imine (C=N–C) groups is 1. The second-order valence-electron chi connectivity index (χ2n) is 3.74. The Bertz CT molecular complexity index is 333. The highest BCUT2D eigenvalue weighted by molar-refractivity contribution is 7.08. The Balaban J connectivity index is 2.54. The van der Waals surface area contributed by atoms with Crippen LogP contribution in [0.15, 0.2) is 21.8 Å². The number of nitrogens with zero attached hydrogens (tertiary/aromatic N) is 1. The standard InChI is InChI=1S/C11H19N3OS/c1-4-13-10(12-3)14-8-11(2,15)9-5-6-16-7-9/h5-7,15H,4,8H2,1-3H3,(H2,12,13,14). The van der Waals surface area contributed by atoms with Crippen LogP contribution in [0.4, 0.5) is 0 Å². The molecule has 5 heteroatoms. The van der Waals surface area contributed by atoms with Crippen LogP contribution in [-0.2, 0) is 5.60 Å². The lowest BCUT2D eigenvalue weighted by molar-refractivity contribution is 0.0621. The third-order valence-corrected chi connectivity index (χ3v) is 2.99. The average Bonchev–Trinajstić information content (AvgIpc) is 2.78. The SMILES string of the molecule is CCNC(=NC)NCC(C)(O)c1ccsc1. The lowest BCUT2D eigenvalue weighted by Gasteiger charge is -2.24. The number of thiophene rings is 1. The maximum Gasteiger partial charge on any atom is 0.191 e. The summed E-state index contributed by atoms with van der Waals surface area (Å²) in [6.07, 6.45) is 0. The highest BCUT2D eigenvalue weighted by atomic mass is 32.1. The van der Waals surface area contributed by atoms with Gasteiger partial charge in [0.2, 0.25) is 0 Å². The lowest BCUT2D eigenvalue weighted by atomic mass is 9.99. The molecule has 0 aromatic carbocycles. The molecule has 0 fully saturated rings. The summed E-state index contributed by atoms with van der Waals surface area (Å²) < 4.78 is 0. The first-order valence-corrected chi connectivity index (χ1v) is 6.24. The van der Waals surface area contributed by atoms with Crippen LogP contribution in [0.25, 0.3) is 0 Å². The van der Waals surface area contributed by atoms with E-state index in [2.05, 4.69) is 15.6 Å². The summed E-state index contributed by atoms with van der Waals surface area (Å²) in [5.41, 5.74) is 0.0581. The van der Waals surface area contributed by atoms with Crippen LogP contribution >= 0.6 is 11.3 Å². The molecule has 90 valence electrons. The van der Waals surface area contributed by atoms with Crippen molar-refractivity contribution in [1.82, 2.24) is 10.6 Å². The van der Waals surface area contributed by atoms with Crippen LogP contribution in [0.5, 0.6) is 0 Å². The molecule has 0 saturated heterocycles. The van der Waals surface area contributed by atoms with Crippen molar-refractivity contribution in [3.05, 3.63) is 22.4 Å². The first-order chi connectivity index (χ1) is 7.60. The predicted octanol–water partition coefficient (Wildman–Crippen LogP) is 1.14. The van der Waals surface area contributed by atoms with Gasteiger partial charge in [0.05, 0.1) is 6.54 Å². The molecule has 0 saturated carbocycles. The maximum absolute atomic E-state index is 10.2. The van der Waals surface area contributed by atoms with Crippen molar-refractivity contribution in [2.45, 2.75) is 19.4 Å². The number of hydrogen-bond acceptors (Lipinski definition) is 3. The Kier molecular flexibility index (Phi) is 4.76. The van der Waals surface area contributed by atoms with Gasteiger partial charge in [0.25, 0.3) is 0 Å². The summed E-state index contributed by atoms with van der Waals surface area (Å²) in [7, 11) is 1.71. The molecule has 0 aliphatic heterocycles. The summed E-state index contributed by atoms with van der Waals surface area (Å²) in [6.45, 7) is 5.04. The highest BCUT2D eigenvalue weighted by Gasteiger charge is 2.23. The van der Waals surface area contributed by atoms with E-state index in [0.29, 0.717) is 12.5 Å². The van der Waals surface area contributed by atoms with Crippen LogP contribution in [0.3, 0.4) is 0 Å². The molecule has 16 heavy (non-hydrogen) atoms. The molecule has 1 atom stereocenters. The highest BCUT2D eigenvalue weighted by Crippen LogP contribution is 2.21. The molecule has 0 radical (unpaired) electrons. The van der Waals surface area contributed by atoms with Crippen LogP contribution in [0.1, 0.15) is 19.4 Å².